The van der Waals surface area contributed by atoms with Crippen LogP contribution in [0.25, 0.3) is 0 Å². The third-order valence-corrected chi connectivity index (χ3v) is 3.02. The van der Waals surface area contributed by atoms with E-state index in [9.17, 15) is 4.79 Å². The van der Waals surface area contributed by atoms with Gasteiger partial charge in [-0.1, -0.05) is 0 Å². The number of methoxy groups -OCH3 is 1. The molecular weight excluding hydrogens is 270 g/mol. The Kier molecular flexibility index (Phi) is 5.40. The molecule has 0 aliphatic carbocycles. The van der Waals surface area contributed by atoms with E-state index in [0.29, 0.717) is 24.5 Å². The van der Waals surface area contributed by atoms with E-state index in [2.05, 4.69) is 5.32 Å². The minimum atomic E-state index is -0.299. The van der Waals surface area contributed by atoms with Crippen molar-refractivity contribution >= 4 is 5.91 Å². The fourth-order valence-corrected chi connectivity index (χ4v) is 1.93. The molecule has 112 valence electrons. The lowest BCUT2D eigenvalue weighted by Crippen LogP contribution is -2.28. The summed E-state index contributed by atoms with van der Waals surface area (Å²) in [4.78, 5) is 12.1. The highest BCUT2D eigenvalue weighted by molar-refractivity contribution is 5.94. The molecule has 0 fully saturated rings. The van der Waals surface area contributed by atoms with Gasteiger partial charge in [-0.05, 0) is 43.3 Å². The molecule has 21 heavy (non-hydrogen) atoms. The lowest BCUT2D eigenvalue weighted by atomic mass is 10.2. The van der Waals surface area contributed by atoms with Crippen LogP contribution in [0.15, 0.2) is 47.1 Å². The summed E-state index contributed by atoms with van der Waals surface area (Å²) in [5, 5.41) is 2.82. The van der Waals surface area contributed by atoms with Crippen LogP contribution in [0.3, 0.4) is 0 Å². The molecule has 5 nitrogen and oxygen atoms in total. The Labute approximate surface area is 123 Å². The van der Waals surface area contributed by atoms with Crippen LogP contribution < -0.4 is 10.1 Å². The average Bonchev–Trinajstić information content (AvgIpc) is 3.03. The summed E-state index contributed by atoms with van der Waals surface area (Å²) >= 11 is 0. The van der Waals surface area contributed by atoms with Crippen LogP contribution in [0.2, 0.25) is 0 Å². The maximum atomic E-state index is 12.1. The molecule has 2 rings (SSSR count). The molecule has 0 saturated heterocycles. The largest absolute Gasteiger partial charge is 0.494 e. The molecule has 2 aromatic rings. The number of hydrogen-bond acceptors (Lipinski definition) is 4. The summed E-state index contributed by atoms with van der Waals surface area (Å²) in [6.45, 7) is 2.86. The quantitative estimate of drug-likeness (QED) is 0.851. The maximum Gasteiger partial charge on any atom is 0.251 e. The fraction of sp³-hybridized carbons (Fsp3) is 0.312. The summed E-state index contributed by atoms with van der Waals surface area (Å²) in [5.74, 6) is 1.27. The van der Waals surface area contributed by atoms with E-state index < -0.39 is 0 Å². The number of amides is 1. The van der Waals surface area contributed by atoms with Crippen LogP contribution in [0.4, 0.5) is 0 Å². The Morgan fingerprint density at radius 3 is 2.62 bits per heavy atom. The number of carbonyl (C=O) groups is 1. The van der Waals surface area contributed by atoms with E-state index in [1.165, 1.54) is 0 Å². The Balaban J connectivity index is 1.91. The highest BCUT2D eigenvalue weighted by Crippen LogP contribution is 2.16. The van der Waals surface area contributed by atoms with Crippen LogP contribution in [0, 0.1) is 0 Å². The molecule has 0 unspecified atom stereocenters. The normalized spacial score (nSPS) is 11.9. The van der Waals surface area contributed by atoms with Gasteiger partial charge < -0.3 is 19.2 Å². The molecular formula is C16H19NO4. The van der Waals surface area contributed by atoms with Gasteiger partial charge in [0.1, 0.15) is 17.6 Å². The topological polar surface area (TPSA) is 60.7 Å². The van der Waals surface area contributed by atoms with Crippen molar-refractivity contribution in [1.82, 2.24) is 5.32 Å². The van der Waals surface area contributed by atoms with Crippen LogP contribution in [0.5, 0.6) is 5.75 Å². The van der Waals surface area contributed by atoms with Gasteiger partial charge in [0.25, 0.3) is 5.91 Å². The molecule has 1 heterocycles. The zero-order valence-corrected chi connectivity index (χ0v) is 12.2. The minimum Gasteiger partial charge on any atom is -0.494 e. The first-order chi connectivity index (χ1) is 10.2. The minimum absolute atomic E-state index is 0.161. The number of ether oxygens (including phenoxy) is 2. The number of rotatable bonds is 7. The molecule has 0 bridgehead atoms. The first-order valence-corrected chi connectivity index (χ1v) is 6.81. The van der Waals surface area contributed by atoms with Crippen LogP contribution in [0.1, 0.15) is 29.1 Å². The van der Waals surface area contributed by atoms with E-state index in [4.69, 9.17) is 13.9 Å². The van der Waals surface area contributed by atoms with E-state index >= 15 is 0 Å². The molecule has 0 aliphatic heterocycles. The molecule has 0 saturated carbocycles. The zero-order valence-electron chi connectivity index (χ0n) is 12.2. The van der Waals surface area contributed by atoms with Crippen molar-refractivity contribution in [2.24, 2.45) is 0 Å². The van der Waals surface area contributed by atoms with E-state index in [1.54, 1.807) is 43.7 Å². The third-order valence-electron chi connectivity index (χ3n) is 3.02. The second kappa shape index (κ2) is 7.50. The Morgan fingerprint density at radius 2 is 2.05 bits per heavy atom. The Bertz CT molecular complexity index is 548. The Hall–Kier alpha value is -2.27. The highest BCUT2D eigenvalue weighted by atomic mass is 16.5. The summed E-state index contributed by atoms with van der Waals surface area (Å²) in [6, 6.07) is 10.6. The number of furan rings is 1. The van der Waals surface area contributed by atoms with Gasteiger partial charge in [-0.25, -0.2) is 0 Å². The summed E-state index contributed by atoms with van der Waals surface area (Å²) in [5.41, 5.74) is 0.577. The smallest absolute Gasteiger partial charge is 0.251 e. The predicted octanol–water partition coefficient (Wildman–Crippen LogP) is 2.80. The van der Waals surface area contributed by atoms with Gasteiger partial charge in [0.2, 0.25) is 0 Å². The van der Waals surface area contributed by atoms with Gasteiger partial charge in [-0.2, -0.15) is 0 Å². The molecule has 1 aromatic carbocycles. The second-order valence-corrected chi connectivity index (χ2v) is 4.41. The van der Waals surface area contributed by atoms with Gasteiger partial charge in [0, 0.05) is 12.7 Å². The number of benzene rings is 1. The van der Waals surface area contributed by atoms with Gasteiger partial charge in [0.15, 0.2) is 0 Å². The van der Waals surface area contributed by atoms with Crippen molar-refractivity contribution in [3.8, 4) is 5.75 Å². The van der Waals surface area contributed by atoms with Gasteiger partial charge >= 0.3 is 0 Å². The van der Waals surface area contributed by atoms with E-state index in [-0.39, 0.29) is 12.0 Å². The maximum absolute atomic E-state index is 12.1. The molecule has 0 aliphatic rings. The average molecular weight is 289 g/mol. The monoisotopic (exact) mass is 289 g/mol. The molecule has 1 amide bonds. The van der Waals surface area contributed by atoms with Crippen LogP contribution in [-0.4, -0.2) is 26.2 Å². The van der Waals surface area contributed by atoms with E-state index in [1.807, 2.05) is 13.0 Å². The molecule has 0 spiro atoms. The molecule has 1 aromatic heterocycles. The van der Waals surface area contributed by atoms with Gasteiger partial charge in [0.05, 0.1) is 19.4 Å². The first-order valence-electron chi connectivity index (χ1n) is 6.81. The van der Waals surface area contributed by atoms with Crippen molar-refractivity contribution in [1.29, 1.82) is 0 Å². The molecule has 1 atom stereocenters. The van der Waals surface area contributed by atoms with Crippen molar-refractivity contribution in [2.45, 2.75) is 13.0 Å². The number of nitrogens with one attached hydrogen (secondary N) is 1. The molecule has 5 heteroatoms. The van der Waals surface area contributed by atoms with E-state index in [0.717, 1.165) is 5.75 Å². The van der Waals surface area contributed by atoms with Crippen LogP contribution >= 0.6 is 0 Å². The first kappa shape index (κ1) is 15.1. The fourth-order valence-electron chi connectivity index (χ4n) is 1.93. The predicted molar refractivity (Wildman–Crippen MR) is 78.4 cm³/mol. The van der Waals surface area contributed by atoms with Crippen molar-refractivity contribution < 1.29 is 18.7 Å². The van der Waals surface area contributed by atoms with Gasteiger partial charge in [-0.3, -0.25) is 4.79 Å². The molecule has 0 radical (unpaired) electrons. The SMILES string of the molecule is CCOc1ccc(C(=O)NC[C@H](OC)c2ccco2)cc1. The summed E-state index contributed by atoms with van der Waals surface area (Å²) in [6.07, 6.45) is 1.28. The second-order valence-electron chi connectivity index (χ2n) is 4.41. The Morgan fingerprint density at radius 1 is 1.29 bits per heavy atom. The summed E-state index contributed by atoms with van der Waals surface area (Å²) < 4.78 is 15.9. The lowest BCUT2D eigenvalue weighted by molar-refractivity contribution is 0.0738. The van der Waals surface area contributed by atoms with Gasteiger partial charge in [-0.15, -0.1) is 0 Å². The standard InChI is InChI=1S/C16H19NO4/c1-3-20-13-8-6-12(7-9-13)16(18)17-11-15(19-2)14-5-4-10-21-14/h4-10,15H,3,11H2,1-2H3,(H,17,18)/t15-/m0/s1. The van der Waals surface area contributed by atoms with Crippen molar-refractivity contribution in [2.75, 3.05) is 20.3 Å². The third kappa shape index (κ3) is 4.10. The van der Waals surface area contributed by atoms with Crippen molar-refractivity contribution in [3.63, 3.8) is 0 Å². The van der Waals surface area contributed by atoms with Crippen LogP contribution in [-0.2, 0) is 4.74 Å². The number of carbonyl (C=O) groups excluding carboxylic acids is 1. The lowest BCUT2D eigenvalue weighted by Gasteiger charge is -2.14. The summed E-state index contributed by atoms with van der Waals surface area (Å²) in [7, 11) is 1.58. The zero-order chi connectivity index (χ0) is 15.1. The molecule has 1 N–H and O–H groups in total. The highest BCUT2D eigenvalue weighted by Gasteiger charge is 2.15. The number of hydrogen-bond donors (Lipinski definition) is 1. The van der Waals surface area contributed by atoms with Crippen molar-refractivity contribution in [3.05, 3.63) is 54.0 Å².